The first kappa shape index (κ1) is 13.8. The van der Waals surface area contributed by atoms with Gasteiger partial charge in [0.15, 0.2) is 10.8 Å². The van der Waals surface area contributed by atoms with Crippen LogP contribution in [0, 0.1) is 6.92 Å². The van der Waals surface area contributed by atoms with Crippen molar-refractivity contribution in [3.63, 3.8) is 0 Å². The number of piperidine rings is 1. The Morgan fingerprint density at radius 1 is 1.35 bits per heavy atom. The fourth-order valence-electron chi connectivity index (χ4n) is 3.13. The van der Waals surface area contributed by atoms with Gasteiger partial charge >= 0.3 is 5.97 Å². The number of anilines is 1. The van der Waals surface area contributed by atoms with Crippen LogP contribution in [0.2, 0.25) is 0 Å². The van der Waals surface area contributed by atoms with Crippen molar-refractivity contribution in [3.8, 4) is 0 Å². The second-order valence-corrected chi connectivity index (χ2v) is 6.71. The summed E-state index contributed by atoms with van der Waals surface area (Å²) in [6.45, 7) is 6.32. The van der Waals surface area contributed by atoms with E-state index < -0.39 is 0 Å². The Hall–Kier alpha value is -1.14. The zero-order chi connectivity index (χ0) is 14.1. The van der Waals surface area contributed by atoms with E-state index in [0.29, 0.717) is 11.7 Å². The van der Waals surface area contributed by atoms with Gasteiger partial charge in [-0.3, -0.25) is 4.90 Å². The van der Waals surface area contributed by atoms with Gasteiger partial charge in [0.05, 0.1) is 7.11 Å². The molecule has 2 saturated heterocycles. The van der Waals surface area contributed by atoms with Crippen LogP contribution in [0.1, 0.15) is 34.6 Å². The summed E-state index contributed by atoms with van der Waals surface area (Å²) >= 11 is 1.60. The van der Waals surface area contributed by atoms with Gasteiger partial charge in [-0.15, -0.1) is 11.3 Å². The molecule has 2 fully saturated rings. The molecule has 0 aliphatic carbocycles. The number of fused-ring (bicyclic) bond motifs is 1. The highest BCUT2D eigenvalue weighted by molar-refractivity contribution is 7.15. The maximum atomic E-state index is 11.7. The van der Waals surface area contributed by atoms with E-state index in [4.69, 9.17) is 4.74 Å². The lowest BCUT2D eigenvalue weighted by Gasteiger charge is -2.44. The highest BCUT2D eigenvalue weighted by Crippen LogP contribution is 2.30. The number of carbonyl (C=O) groups is 1. The summed E-state index contributed by atoms with van der Waals surface area (Å²) in [5.41, 5.74) is 0.471. The van der Waals surface area contributed by atoms with Crippen LogP contribution in [0.5, 0.6) is 0 Å². The van der Waals surface area contributed by atoms with Gasteiger partial charge < -0.3 is 9.64 Å². The number of carbonyl (C=O) groups excluding carboxylic acids is 1. The number of hydrogen-bond acceptors (Lipinski definition) is 6. The first-order valence-corrected chi connectivity index (χ1v) is 8.05. The Balaban J connectivity index is 1.75. The molecule has 1 aromatic rings. The fourth-order valence-corrected chi connectivity index (χ4v) is 4.06. The van der Waals surface area contributed by atoms with Crippen LogP contribution in [-0.2, 0) is 4.74 Å². The zero-order valence-electron chi connectivity index (χ0n) is 12.1. The monoisotopic (exact) mass is 295 g/mol. The van der Waals surface area contributed by atoms with E-state index in [1.165, 1.54) is 32.9 Å². The van der Waals surface area contributed by atoms with Gasteiger partial charge in [-0.25, -0.2) is 9.78 Å². The largest absolute Gasteiger partial charge is 0.464 e. The van der Waals surface area contributed by atoms with Gasteiger partial charge in [0.2, 0.25) is 0 Å². The molecule has 110 valence electrons. The molecular weight excluding hydrogens is 274 g/mol. The standard InChI is InChI=1S/C14H21N3O2S/c1-10-12(13(18)19-2)15-14(20-10)17-8-7-16-6-4-3-5-11(16)9-17/h11H,3-9H2,1-2H3. The number of hydrogen-bond donors (Lipinski definition) is 0. The molecule has 1 aromatic heterocycles. The van der Waals surface area contributed by atoms with E-state index in [0.717, 1.165) is 29.6 Å². The van der Waals surface area contributed by atoms with Gasteiger partial charge in [-0.1, -0.05) is 6.42 Å². The molecule has 1 unspecified atom stereocenters. The Morgan fingerprint density at radius 3 is 3.00 bits per heavy atom. The van der Waals surface area contributed by atoms with Crippen molar-refractivity contribution >= 4 is 22.4 Å². The SMILES string of the molecule is COC(=O)c1nc(N2CCN3CCCCC3C2)sc1C. The van der Waals surface area contributed by atoms with Gasteiger partial charge in [0.1, 0.15) is 0 Å². The van der Waals surface area contributed by atoms with Crippen molar-refractivity contribution in [2.75, 3.05) is 38.2 Å². The summed E-state index contributed by atoms with van der Waals surface area (Å²) in [6, 6.07) is 0.656. The van der Waals surface area contributed by atoms with Crippen LogP contribution in [0.25, 0.3) is 0 Å². The number of piperazine rings is 1. The van der Waals surface area contributed by atoms with Crippen LogP contribution in [0.3, 0.4) is 0 Å². The smallest absolute Gasteiger partial charge is 0.357 e. The molecule has 1 atom stereocenters. The van der Waals surface area contributed by atoms with Crippen molar-refractivity contribution in [1.82, 2.24) is 9.88 Å². The molecule has 20 heavy (non-hydrogen) atoms. The number of rotatable bonds is 2. The lowest BCUT2D eigenvalue weighted by atomic mass is 10.00. The van der Waals surface area contributed by atoms with Crippen molar-refractivity contribution in [2.24, 2.45) is 0 Å². The summed E-state index contributed by atoms with van der Waals surface area (Å²) in [7, 11) is 1.40. The number of methoxy groups -OCH3 is 1. The second kappa shape index (κ2) is 5.69. The lowest BCUT2D eigenvalue weighted by Crippen LogP contribution is -2.54. The van der Waals surface area contributed by atoms with Crippen LogP contribution in [0.4, 0.5) is 5.13 Å². The molecule has 0 saturated carbocycles. The minimum Gasteiger partial charge on any atom is -0.464 e. The zero-order valence-corrected chi connectivity index (χ0v) is 12.9. The molecule has 0 aromatic carbocycles. The topological polar surface area (TPSA) is 45.7 Å². The average Bonchev–Trinajstić information content (AvgIpc) is 2.88. The number of esters is 1. The molecule has 3 rings (SSSR count). The maximum Gasteiger partial charge on any atom is 0.357 e. The molecule has 0 amide bonds. The van der Waals surface area contributed by atoms with Gasteiger partial charge in [0, 0.05) is 30.6 Å². The van der Waals surface area contributed by atoms with Gasteiger partial charge in [-0.05, 0) is 26.3 Å². The van der Waals surface area contributed by atoms with Gasteiger partial charge in [-0.2, -0.15) is 0 Å². The Labute approximate surface area is 123 Å². The van der Waals surface area contributed by atoms with E-state index in [1.807, 2.05) is 6.92 Å². The van der Waals surface area contributed by atoms with E-state index in [9.17, 15) is 4.79 Å². The minimum absolute atomic E-state index is 0.332. The van der Waals surface area contributed by atoms with Crippen LogP contribution in [0.15, 0.2) is 0 Å². The molecular formula is C14H21N3O2S. The van der Waals surface area contributed by atoms with E-state index in [1.54, 1.807) is 11.3 Å². The molecule has 5 nitrogen and oxygen atoms in total. The third-order valence-corrected chi connectivity index (χ3v) is 5.30. The van der Waals surface area contributed by atoms with Crippen molar-refractivity contribution in [3.05, 3.63) is 10.6 Å². The Bertz CT molecular complexity index is 503. The van der Waals surface area contributed by atoms with E-state index in [-0.39, 0.29) is 5.97 Å². The number of aromatic nitrogens is 1. The molecule has 0 radical (unpaired) electrons. The fraction of sp³-hybridized carbons (Fsp3) is 0.714. The second-order valence-electron chi connectivity index (χ2n) is 5.52. The predicted molar refractivity (Wildman–Crippen MR) is 79.6 cm³/mol. The quantitative estimate of drug-likeness (QED) is 0.780. The minimum atomic E-state index is -0.332. The first-order valence-electron chi connectivity index (χ1n) is 7.24. The van der Waals surface area contributed by atoms with Crippen LogP contribution in [-0.4, -0.2) is 55.2 Å². The molecule has 0 spiro atoms. The number of nitrogens with zero attached hydrogens (tertiary/aromatic N) is 3. The maximum absolute atomic E-state index is 11.7. The Kier molecular flexibility index (Phi) is 3.94. The summed E-state index contributed by atoms with van der Waals surface area (Å²) < 4.78 is 4.78. The Morgan fingerprint density at radius 2 is 2.20 bits per heavy atom. The molecule has 6 heteroatoms. The summed E-state index contributed by atoms with van der Waals surface area (Å²) in [4.78, 5) is 22.0. The van der Waals surface area contributed by atoms with Gasteiger partial charge in [0.25, 0.3) is 0 Å². The molecule has 2 aliphatic heterocycles. The molecule has 0 bridgehead atoms. The highest BCUT2D eigenvalue weighted by atomic mass is 32.1. The number of aryl methyl sites for hydroxylation is 1. The van der Waals surface area contributed by atoms with E-state index >= 15 is 0 Å². The van der Waals surface area contributed by atoms with Crippen molar-refractivity contribution < 1.29 is 9.53 Å². The van der Waals surface area contributed by atoms with Crippen LogP contribution >= 0.6 is 11.3 Å². The summed E-state index contributed by atoms with van der Waals surface area (Å²) in [6.07, 6.45) is 3.95. The first-order chi connectivity index (χ1) is 9.69. The molecule has 0 N–H and O–H groups in total. The molecule has 3 heterocycles. The predicted octanol–water partition coefficient (Wildman–Crippen LogP) is 1.91. The van der Waals surface area contributed by atoms with Crippen molar-refractivity contribution in [1.29, 1.82) is 0 Å². The average molecular weight is 295 g/mol. The van der Waals surface area contributed by atoms with E-state index in [2.05, 4.69) is 14.8 Å². The summed E-state index contributed by atoms with van der Waals surface area (Å²) in [5, 5.41) is 0.966. The third-order valence-electron chi connectivity index (χ3n) is 4.27. The van der Waals surface area contributed by atoms with Crippen LogP contribution < -0.4 is 4.90 Å². The molecule has 2 aliphatic rings. The third kappa shape index (κ3) is 2.54. The van der Waals surface area contributed by atoms with Crippen molar-refractivity contribution in [2.45, 2.75) is 32.2 Å². The summed E-state index contributed by atoms with van der Waals surface area (Å²) in [5.74, 6) is -0.332. The number of ether oxygens (including phenoxy) is 1. The number of thiazole rings is 1. The normalized spacial score (nSPS) is 23.5. The lowest BCUT2D eigenvalue weighted by molar-refractivity contribution is 0.0594. The highest BCUT2D eigenvalue weighted by Gasteiger charge is 2.30.